The Kier molecular flexibility index (Phi) is 7.91. The Balaban J connectivity index is 1.94. The molecule has 0 unspecified atom stereocenters. The number of benzene rings is 2. The van der Waals surface area contributed by atoms with E-state index in [-0.39, 0.29) is 22.3 Å². The highest BCUT2D eigenvalue weighted by molar-refractivity contribution is 7.92. The van der Waals surface area contributed by atoms with Crippen LogP contribution in [0.4, 0.5) is 11.4 Å². The molecule has 1 saturated carbocycles. The Bertz CT molecular complexity index is 1090. The van der Waals surface area contributed by atoms with Crippen LogP contribution in [0.2, 0.25) is 0 Å². The number of ether oxygens (including phenoxy) is 1. The van der Waals surface area contributed by atoms with Gasteiger partial charge in [0.1, 0.15) is 12.3 Å². The van der Waals surface area contributed by atoms with Gasteiger partial charge in [0, 0.05) is 17.7 Å². The van der Waals surface area contributed by atoms with E-state index in [1.165, 1.54) is 38.3 Å². The van der Waals surface area contributed by atoms with Crippen molar-refractivity contribution in [2.24, 2.45) is 0 Å². The van der Waals surface area contributed by atoms with Gasteiger partial charge in [0.15, 0.2) is 0 Å². The van der Waals surface area contributed by atoms with E-state index in [1.807, 2.05) is 0 Å². The van der Waals surface area contributed by atoms with Crippen LogP contribution in [0.1, 0.15) is 44.1 Å². The van der Waals surface area contributed by atoms with Crippen LogP contribution in [0, 0.1) is 17.0 Å². The molecule has 3 rings (SSSR count). The first-order valence-corrected chi connectivity index (χ1v) is 12.4. The number of nitro groups is 1. The van der Waals surface area contributed by atoms with Gasteiger partial charge in [0.2, 0.25) is 5.91 Å². The third-order valence-corrected chi connectivity index (χ3v) is 7.60. The number of aryl methyl sites for hydroxylation is 1. The van der Waals surface area contributed by atoms with Gasteiger partial charge >= 0.3 is 0 Å². The summed E-state index contributed by atoms with van der Waals surface area (Å²) < 4.78 is 33.2. The molecule has 0 radical (unpaired) electrons. The van der Waals surface area contributed by atoms with Crippen molar-refractivity contribution >= 4 is 27.3 Å². The summed E-state index contributed by atoms with van der Waals surface area (Å²) in [7, 11) is -2.77. The maximum Gasteiger partial charge on any atom is 0.273 e. The quantitative estimate of drug-likeness (QED) is 0.351. The lowest BCUT2D eigenvalue weighted by molar-refractivity contribution is -0.385. The fraction of sp³-hybridized carbons (Fsp3) is 0.435. The van der Waals surface area contributed by atoms with Crippen LogP contribution in [0.3, 0.4) is 0 Å². The first kappa shape index (κ1) is 24.5. The molecule has 33 heavy (non-hydrogen) atoms. The second-order valence-corrected chi connectivity index (χ2v) is 10.0. The number of methoxy groups -OCH3 is 1. The van der Waals surface area contributed by atoms with E-state index in [9.17, 15) is 23.3 Å². The zero-order chi connectivity index (χ0) is 24.0. The van der Waals surface area contributed by atoms with Crippen LogP contribution in [-0.4, -0.2) is 38.9 Å². The van der Waals surface area contributed by atoms with Crippen LogP contribution in [0.15, 0.2) is 47.4 Å². The number of carbonyl (C=O) groups excluding carboxylic acids is 1. The molecule has 1 aliphatic rings. The van der Waals surface area contributed by atoms with Crippen LogP contribution in [0.25, 0.3) is 0 Å². The maximum absolute atomic E-state index is 13.5. The molecule has 0 spiro atoms. The molecule has 1 amide bonds. The van der Waals surface area contributed by atoms with Crippen molar-refractivity contribution in [3.05, 3.63) is 58.1 Å². The summed E-state index contributed by atoms with van der Waals surface area (Å²) in [5.74, 6) is 0.118. The number of sulfonamides is 1. The number of nitrogens with zero attached hydrogens (tertiary/aromatic N) is 2. The van der Waals surface area contributed by atoms with E-state index in [2.05, 4.69) is 5.32 Å². The minimum absolute atomic E-state index is 0.0147. The molecule has 0 bridgehead atoms. The summed E-state index contributed by atoms with van der Waals surface area (Å²) in [5, 5.41) is 14.3. The summed E-state index contributed by atoms with van der Waals surface area (Å²) in [6.45, 7) is 1.10. The summed E-state index contributed by atoms with van der Waals surface area (Å²) in [6.07, 6.45) is 6.04. The molecule has 0 saturated heterocycles. The number of hydrogen-bond donors (Lipinski definition) is 1. The van der Waals surface area contributed by atoms with E-state index in [1.54, 1.807) is 12.1 Å². The topological polar surface area (TPSA) is 119 Å². The maximum atomic E-state index is 13.5. The minimum atomic E-state index is -4.26. The van der Waals surface area contributed by atoms with Crippen LogP contribution in [-0.2, 0) is 14.8 Å². The highest BCUT2D eigenvalue weighted by Gasteiger charge is 2.30. The highest BCUT2D eigenvalue weighted by Crippen LogP contribution is 2.29. The Morgan fingerprint density at radius 3 is 2.33 bits per heavy atom. The van der Waals surface area contributed by atoms with Gasteiger partial charge in [0.05, 0.1) is 22.6 Å². The summed E-state index contributed by atoms with van der Waals surface area (Å²) in [6, 6.07) is 10.0. The molecule has 0 aromatic heterocycles. The van der Waals surface area contributed by atoms with E-state index in [4.69, 9.17) is 4.74 Å². The molecular weight excluding hydrogens is 446 g/mol. The molecule has 1 aliphatic carbocycles. The van der Waals surface area contributed by atoms with Gasteiger partial charge in [-0.05, 0) is 50.1 Å². The average Bonchev–Trinajstić information content (AvgIpc) is 3.06. The number of hydrogen-bond acceptors (Lipinski definition) is 6. The SMILES string of the molecule is COc1ccc(N(CC(=O)NC2CCCCCC2)S(=O)(=O)c2ccc(C)c([N+](=O)[O-])c2)cc1. The van der Waals surface area contributed by atoms with Crippen LogP contribution >= 0.6 is 0 Å². The molecule has 1 fully saturated rings. The average molecular weight is 476 g/mol. The van der Waals surface area contributed by atoms with Gasteiger partial charge in [0.25, 0.3) is 15.7 Å². The fourth-order valence-electron chi connectivity index (χ4n) is 3.96. The number of amides is 1. The van der Waals surface area contributed by atoms with E-state index < -0.39 is 27.4 Å². The van der Waals surface area contributed by atoms with Gasteiger partial charge in [-0.1, -0.05) is 31.7 Å². The Hall–Kier alpha value is -3.14. The predicted octanol–water partition coefficient (Wildman–Crippen LogP) is 3.95. The van der Waals surface area contributed by atoms with Gasteiger partial charge in [-0.15, -0.1) is 0 Å². The second-order valence-electron chi connectivity index (χ2n) is 8.17. The van der Waals surface area contributed by atoms with Crippen molar-refractivity contribution in [2.75, 3.05) is 18.0 Å². The Morgan fingerprint density at radius 1 is 1.12 bits per heavy atom. The summed E-state index contributed by atoms with van der Waals surface area (Å²) in [5.41, 5.74) is 0.310. The van der Waals surface area contributed by atoms with Gasteiger partial charge in [-0.3, -0.25) is 19.2 Å². The predicted molar refractivity (Wildman–Crippen MR) is 125 cm³/mol. The Labute approximate surface area is 193 Å². The number of anilines is 1. The van der Waals surface area contributed by atoms with Gasteiger partial charge in [-0.2, -0.15) is 0 Å². The van der Waals surface area contributed by atoms with Crippen molar-refractivity contribution in [1.29, 1.82) is 0 Å². The van der Waals surface area contributed by atoms with Gasteiger partial charge < -0.3 is 10.1 Å². The molecular formula is C23H29N3O6S. The first-order chi connectivity index (χ1) is 15.7. The highest BCUT2D eigenvalue weighted by atomic mass is 32.2. The zero-order valence-electron chi connectivity index (χ0n) is 18.8. The fourth-order valence-corrected chi connectivity index (χ4v) is 5.41. The normalized spacial score (nSPS) is 14.8. The first-order valence-electron chi connectivity index (χ1n) is 10.9. The molecule has 10 heteroatoms. The van der Waals surface area contributed by atoms with Crippen molar-refractivity contribution in [3.8, 4) is 5.75 Å². The third-order valence-electron chi connectivity index (χ3n) is 5.83. The molecule has 0 atom stereocenters. The van der Waals surface area contributed by atoms with Crippen molar-refractivity contribution < 1.29 is 22.9 Å². The molecule has 0 aliphatic heterocycles. The van der Waals surface area contributed by atoms with Crippen LogP contribution < -0.4 is 14.4 Å². The largest absolute Gasteiger partial charge is 0.497 e. The number of nitrogens with one attached hydrogen (secondary N) is 1. The van der Waals surface area contributed by atoms with Crippen molar-refractivity contribution in [3.63, 3.8) is 0 Å². The zero-order valence-corrected chi connectivity index (χ0v) is 19.6. The molecule has 1 N–H and O–H groups in total. The molecule has 2 aromatic carbocycles. The smallest absolute Gasteiger partial charge is 0.273 e. The van der Waals surface area contributed by atoms with Crippen molar-refractivity contribution in [1.82, 2.24) is 5.32 Å². The number of nitro benzene ring substituents is 1. The molecule has 2 aromatic rings. The molecule has 9 nitrogen and oxygen atoms in total. The van der Waals surface area contributed by atoms with Crippen LogP contribution in [0.5, 0.6) is 5.75 Å². The summed E-state index contributed by atoms with van der Waals surface area (Å²) in [4.78, 5) is 23.4. The third kappa shape index (κ3) is 6.01. The van der Waals surface area contributed by atoms with E-state index in [0.29, 0.717) is 11.3 Å². The minimum Gasteiger partial charge on any atom is -0.497 e. The standard InChI is InChI=1S/C23H29N3O6S/c1-17-9-14-21(15-22(17)26(28)29)33(30,31)25(19-10-12-20(32-2)13-11-19)16-23(27)24-18-7-5-3-4-6-8-18/h9-15,18H,3-8,16H2,1-2H3,(H,24,27). The lowest BCUT2D eigenvalue weighted by Crippen LogP contribution is -2.44. The lowest BCUT2D eigenvalue weighted by Gasteiger charge is -2.25. The monoisotopic (exact) mass is 475 g/mol. The number of carbonyl (C=O) groups is 1. The lowest BCUT2D eigenvalue weighted by atomic mass is 10.1. The van der Waals surface area contributed by atoms with Crippen molar-refractivity contribution in [2.45, 2.75) is 56.4 Å². The summed E-state index contributed by atoms with van der Waals surface area (Å²) >= 11 is 0. The van der Waals surface area contributed by atoms with E-state index >= 15 is 0 Å². The molecule has 0 heterocycles. The molecule has 178 valence electrons. The van der Waals surface area contributed by atoms with E-state index in [0.717, 1.165) is 48.9 Å². The Morgan fingerprint density at radius 2 is 1.76 bits per heavy atom. The number of rotatable bonds is 8. The second kappa shape index (κ2) is 10.7. The van der Waals surface area contributed by atoms with Gasteiger partial charge in [-0.25, -0.2) is 8.42 Å².